The van der Waals surface area contributed by atoms with Gasteiger partial charge >= 0.3 is 0 Å². The second kappa shape index (κ2) is 8.34. The number of amides is 1. The van der Waals surface area contributed by atoms with Crippen LogP contribution >= 0.6 is 0 Å². The summed E-state index contributed by atoms with van der Waals surface area (Å²) in [5.74, 6) is -0.0232. The van der Waals surface area contributed by atoms with Crippen LogP contribution in [0.2, 0.25) is 0 Å². The average Bonchev–Trinajstić information content (AvgIpc) is 2.59. The minimum atomic E-state index is -0.864. The molecule has 25 heavy (non-hydrogen) atoms. The number of nitrogens with zero attached hydrogens (tertiary/aromatic N) is 1. The lowest BCUT2D eigenvalue weighted by Gasteiger charge is -2.05. The molecule has 0 aliphatic heterocycles. The van der Waals surface area contributed by atoms with Crippen molar-refractivity contribution < 1.29 is 24.6 Å². The molecule has 8 nitrogen and oxygen atoms in total. The van der Waals surface area contributed by atoms with E-state index < -0.39 is 5.09 Å². The van der Waals surface area contributed by atoms with Crippen LogP contribution in [0, 0.1) is 10.1 Å². The number of aromatic hydroxyl groups is 1. The van der Waals surface area contributed by atoms with E-state index in [4.69, 9.17) is 4.74 Å². The van der Waals surface area contributed by atoms with Crippen LogP contribution in [-0.2, 0) is 16.2 Å². The first kappa shape index (κ1) is 17.8. The summed E-state index contributed by atoms with van der Waals surface area (Å²) in [7, 11) is 1.45. The minimum Gasteiger partial charge on any atom is -0.504 e. The van der Waals surface area contributed by atoms with Crippen molar-refractivity contribution >= 4 is 17.7 Å². The molecule has 2 aromatic carbocycles. The molecule has 2 rings (SSSR count). The molecule has 0 heterocycles. The van der Waals surface area contributed by atoms with Crippen molar-refractivity contribution in [3.63, 3.8) is 0 Å². The Morgan fingerprint density at radius 3 is 2.60 bits per heavy atom. The van der Waals surface area contributed by atoms with Crippen LogP contribution in [0.4, 0.5) is 5.69 Å². The standard InChI is InChI=1S/C17H16N2O6/c1-24-16-8-4-12(10-15(16)20)5-9-17(21)18-14-6-2-13(3-7-14)11-25-19(22)23/h2-10,20H,11H2,1H3,(H,18,21)/b9-5+. The van der Waals surface area contributed by atoms with Crippen molar-refractivity contribution in [2.24, 2.45) is 0 Å². The molecule has 0 aliphatic rings. The van der Waals surface area contributed by atoms with Crippen LogP contribution < -0.4 is 10.1 Å². The first-order chi connectivity index (χ1) is 12.0. The number of carbonyl (C=O) groups is 1. The van der Waals surface area contributed by atoms with Gasteiger partial charge in [0.2, 0.25) is 5.91 Å². The van der Waals surface area contributed by atoms with Crippen LogP contribution in [0.5, 0.6) is 11.5 Å². The predicted molar refractivity (Wildman–Crippen MR) is 90.5 cm³/mol. The lowest BCUT2D eigenvalue weighted by atomic mass is 10.2. The fourth-order valence-electron chi connectivity index (χ4n) is 1.98. The Morgan fingerprint density at radius 2 is 2.00 bits per heavy atom. The van der Waals surface area contributed by atoms with E-state index in [1.807, 2.05) is 0 Å². The van der Waals surface area contributed by atoms with Gasteiger partial charge in [0.1, 0.15) is 6.61 Å². The summed E-state index contributed by atoms with van der Waals surface area (Å²) in [6, 6.07) is 11.2. The SMILES string of the molecule is COc1ccc(/C=C/C(=O)Nc2ccc(CO[N+](=O)[O-])cc2)cc1O. The van der Waals surface area contributed by atoms with Gasteiger partial charge in [-0.1, -0.05) is 18.2 Å². The maximum absolute atomic E-state index is 11.9. The van der Waals surface area contributed by atoms with Crippen LogP contribution in [0.15, 0.2) is 48.5 Å². The molecule has 1 amide bonds. The normalized spacial score (nSPS) is 10.4. The monoisotopic (exact) mass is 344 g/mol. The van der Waals surface area contributed by atoms with Crippen LogP contribution in [0.25, 0.3) is 6.08 Å². The van der Waals surface area contributed by atoms with Gasteiger partial charge in [0.15, 0.2) is 11.5 Å². The molecule has 0 unspecified atom stereocenters. The summed E-state index contributed by atoms with van der Waals surface area (Å²) >= 11 is 0. The van der Waals surface area contributed by atoms with E-state index >= 15 is 0 Å². The van der Waals surface area contributed by atoms with E-state index in [0.717, 1.165) is 0 Å². The zero-order chi connectivity index (χ0) is 18.2. The highest BCUT2D eigenvalue weighted by atomic mass is 16.9. The summed E-state index contributed by atoms with van der Waals surface area (Å²) in [6.45, 7) is -0.151. The Labute approximate surface area is 143 Å². The fraction of sp³-hybridized carbons (Fsp3) is 0.118. The Balaban J connectivity index is 1.93. The molecular weight excluding hydrogens is 328 g/mol. The number of hydrogen-bond acceptors (Lipinski definition) is 6. The number of anilines is 1. The molecular formula is C17H16N2O6. The van der Waals surface area contributed by atoms with E-state index in [9.17, 15) is 20.0 Å². The highest BCUT2D eigenvalue weighted by molar-refractivity contribution is 6.01. The lowest BCUT2D eigenvalue weighted by molar-refractivity contribution is -0.763. The summed E-state index contributed by atoms with van der Waals surface area (Å²) in [5, 5.41) is 21.6. The van der Waals surface area contributed by atoms with E-state index in [-0.39, 0.29) is 18.3 Å². The van der Waals surface area contributed by atoms with E-state index in [1.165, 1.54) is 19.3 Å². The summed E-state index contributed by atoms with van der Waals surface area (Å²) in [6.07, 6.45) is 2.87. The van der Waals surface area contributed by atoms with Gasteiger partial charge in [-0.3, -0.25) is 4.79 Å². The number of phenolic OH excluding ortho intramolecular Hbond substituents is 1. The van der Waals surface area contributed by atoms with Gasteiger partial charge in [-0.2, -0.15) is 0 Å². The molecule has 0 spiro atoms. The topological polar surface area (TPSA) is 111 Å². The van der Waals surface area contributed by atoms with Gasteiger partial charge in [0, 0.05) is 11.8 Å². The zero-order valence-corrected chi connectivity index (χ0v) is 13.3. The van der Waals surface area contributed by atoms with Gasteiger partial charge in [-0.15, -0.1) is 10.1 Å². The highest BCUT2D eigenvalue weighted by Crippen LogP contribution is 2.26. The molecule has 0 aliphatic carbocycles. The summed E-state index contributed by atoms with van der Waals surface area (Å²) in [4.78, 5) is 26.3. The van der Waals surface area contributed by atoms with E-state index in [2.05, 4.69) is 10.2 Å². The molecule has 2 N–H and O–H groups in total. The third-order valence-electron chi connectivity index (χ3n) is 3.19. The van der Waals surface area contributed by atoms with Crippen molar-refractivity contribution in [3.8, 4) is 11.5 Å². The second-order valence-electron chi connectivity index (χ2n) is 4.95. The highest BCUT2D eigenvalue weighted by Gasteiger charge is 2.03. The quantitative estimate of drug-likeness (QED) is 0.454. The minimum absolute atomic E-state index is 0.0161. The predicted octanol–water partition coefficient (Wildman–Crippen LogP) is 2.76. The molecule has 130 valence electrons. The van der Waals surface area contributed by atoms with Gasteiger partial charge in [-0.25, -0.2) is 0 Å². The molecule has 8 heteroatoms. The number of phenols is 1. The number of benzene rings is 2. The van der Waals surface area contributed by atoms with Crippen molar-refractivity contribution in [2.75, 3.05) is 12.4 Å². The van der Waals surface area contributed by atoms with E-state index in [1.54, 1.807) is 42.5 Å². The Kier molecular flexibility index (Phi) is 5.94. The van der Waals surface area contributed by atoms with Gasteiger partial charge in [0.25, 0.3) is 5.09 Å². The van der Waals surface area contributed by atoms with E-state index in [0.29, 0.717) is 22.6 Å². The molecule has 0 saturated carbocycles. The van der Waals surface area contributed by atoms with Crippen LogP contribution in [0.3, 0.4) is 0 Å². The lowest BCUT2D eigenvalue weighted by Crippen LogP contribution is -2.07. The largest absolute Gasteiger partial charge is 0.504 e. The number of methoxy groups -OCH3 is 1. The average molecular weight is 344 g/mol. The second-order valence-corrected chi connectivity index (χ2v) is 4.95. The van der Waals surface area contributed by atoms with Gasteiger partial charge in [-0.05, 0) is 41.5 Å². The summed E-state index contributed by atoms with van der Waals surface area (Å²) < 4.78 is 4.94. The van der Waals surface area contributed by atoms with Crippen molar-refractivity contribution in [1.82, 2.24) is 0 Å². The van der Waals surface area contributed by atoms with Crippen molar-refractivity contribution in [1.29, 1.82) is 0 Å². The maximum atomic E-state index is 11.9. The van der Waals surface area contributed by atoms with Gasteiger partial charge in [0.05, 0.1) is 7.11 Å². The molecule has 0 fully saturated rings. The Bertz CT molecular complexity index is 786. The molecule has 0 atom stereocenters. The summed E-state index contributed by atoms with van der Waals surface area (Å²) in [5.41, 5.74) is 1.79. The number of carbonyl (C=O) groups excluding carboxylic acids is 1. The smallest absolute Gasteiger partial charge is 0.294 e. The molecule has 0 bridgehead atoms. The number of nitrogens with one attached hydrogen (secondary N) is 1. The molecule has 2 aromatic rings. The van der Waals surface area contributed by atoms with Crippen LogP contribution in [0.1, 0.15) is 11.1 Å². The Morgan fingerprint density at radius 1 is 1.28 bits per heavy atom. The third-order valence-corrected chi connectivity index (χ3v) is 3.19. The van der Waals surface area contributed by atoms with Crippen LogP contribution in [-0.4, -0.2) is 23.2 Å². The molecule has 0 saturated heterocycles. The Hall–Kier alpha value is -3.55. The third kappa shape index (κ3) is 5.54. The number of ether oxygens (including phenoxy) is 1. The molecule has 0 aromatic heterocycles. The maximum Gasteiger partial charge on any atom is 0.294 e. The first-order valence-corrected chi connectivity index (χ1v) is 7.20. The zero-order valence-electron chi connectivity index (χ0n) is 13.3. The van der Waals surface area contributed by atoms with Crippen molar-refractivity contribution in [3.05, 3.63) is 69.8 Å². The first-order valence-electron chi connectivity index (χ1n) is 7.20. The number of rotatable bonds is 7. The molecule has 0 radical (unpaired) electrons. The van der Waals surface area contributed by atoms with Crippen molar-refractivity contribution in [2.45, 2.75) is 6.61 Å². The fourth-order valence-corrected chi connectivity index (χ4v) is 1.98. The number of hydrogen-bond donors (Lipinski definition) is 2. The van der Waals surface area contributed by atoms with Gasteiger partial charge < -0.3 is 20.0 Å².